The summed E-state index contributed by atoms with van der Waals surface area (Å²) >= 11 is 0. The predicted molar refractivity (Wildman–Crippen MR) is 109 cm³/mol. The molecule has 28 heavy (non-hydrogen) atoms. The Hall–Kier alpha value is -3.67. The first-order valence-corrected chi connectivity index (χ1v) is 8.82. The van der Waals surface area contributed by atoms with Crippen LogP contribution in [0.1, 0.15) is 21.5 Å². The number of anilines is 2. The van der Waals surface area contributed by atoms with Gasteiger partial charge in [-0.05, 0) is 73.5 Å². The van der Waals surface area contributed by atoms with Crippen molar-refractivity contribution in [2.45, 2.75) is 13.8 Å². The molecule has 3 aromatic rings. The van der Waals surface area contributed by atoms with E-state index in [0.29, 0.717) is 22.7 Å². The number of nitrogens with one attached hydrogen (secondary N) is 2. The van der Waals surface area contributed by atoms with Gasteiger partial charge in [-0.25, -0.2) is 0 Å². The van der Waals surface area contributed by atoms with Crippen LogP contribution in [0.5, 0.6) is 5.75 Å². The second kappa shape index (κ2) is 8.81. The van der Waals surface area contributed by atoms with E-state index >= 15 is 0 Å². The summed E-state index contributed by atoms with van der Waals surface area (Å²) < 4.78 is 5.53. The molecule has 142 valence electrons. The van der Waals surface area contributed by atoms with Gasteiger partial charge in [-0.2, -0.15) is 0 Å². The number of hydrogen-bond donors (Lipinski definition) is 2. The van der Waals surface area contributed by atoms with Crippen LogP contribution >= 0.6 is 0 Å². The molecule has 2 amide bonds. The molecule has 3 rings (SSSR count). The lowest BCUT2D eigenvalue weighted by Crippen LogP contribution is -2.20. The first kappa shape index (κ1) is 19.1. The molecular weight excluding hydrogens is 354 g/mol. The Morgan fingerprint density at radius 3 is 2.29 bits per heavy atom. The van der Waals surface area contributed by atoms with E-state index in [9.17, 15) is 9.59 Å². The summed E-state index contributed by atoms with van der Waals surface area (Å²) in [6.45, 7) is 3.94. The fourth-order valence-electron chi connectivity index (χ4n) is 2.49. The fourth-order valence-corrected chi connectivity index (χ4v) is 2.49. The van der Waals surface area contributed by atoms with Crippen molar-refractivity contribution in [3.8, 4) is 5.75 Å². The van der Waals surface area contributed by atoms with Crippen molar-refractivity contribution in [3.05, 3.63) is 83.7 Å². The predicted octanol–water partition coefficient (Wildman–Crippen LogP) is 3.97. The van der Waals surface area contributed by atoms with Gasteiger partial charge in [0.1, 0.15) is 5.75 Å². The van der Waals surface area contributed by atoms with Crippen molar-refractivity contribution in [3.63, 3.8) is 0 Å². The van der Waals surface area contributed by atoms with Crippen molar-refractivity contribution in [2.75, 3.05) is 17.2 Å². The van der Waals surface area contributed by atoms with Crippen LogP contribution in [0.4, 0.5) is 11.4 Å². The minimum Gasteiger partial charge on any atom is -0.484 e. The van der Waals surface area contributed by atoms with Gasteiger partial charge < -0.3 is 15.4 Å². The van der Waals surface area contributed by atoms with Crippen LogP contribution in [0.3, 0.4) is 0 Å². The zero-order valence-electron chi connectivity index (χ0n) is 15.7. The Morgan fingerprint density at radius 2 is 1.64 bits per heavy atom. The van der Waals surface area contributed by atoms with Crippen molar-refractivity contribution in [1.82, 2.24) is 4.98 Å². The highest BCUT2D eigenvalue weighted by Crippen LogP contribution is 2.17. The zero-order chi connectivity index (χ0) is 19.9. The third kappa shape index (κ3) is 5.17. The Balaban J connectivity index is 1.51. The van der Waals surface area contributed by atoms with E-state index in [-0.39, 0.29) is 18.4 Å². The average Bonchev–Trinajstić information content (AvgIpc) is 2.71. The lowest BCUT2D eigenvalue weighted by atomic mass is 10.1. The largest absolute Gasteiger partial charge is 0.484 e. The van der Waals surface area contributed by atoms with Crippen LogP contribution < -0.4 is 15.4 Å². The molecule has 1 heterocycles. The molecule has 0 aliphatic heterocycles. The normalized spacial score (nSPS) is 10.2. The number of carbonyl (C=O) groups is 2. The molecule has 0 atom stereocenters. The molecule has 2 N–H and O–H groups in total. The second-order valence-corrected chi connectivity index (χ2v) is 6.36. The number of aryl methyl sites for hydroxylation is 2. The minimum absolute atomic E-state index is 0.0814. The van der Waals surface area contributed by atoms with Gasteiger partial charge in [0.15, 0.2) is 6.61 Å². The average molecular weight is 375 g/mol. The number of ether oxygens (including phenoxy) is 1. The first-order valence-electron chi connectivity index (χ1n) is 8.82. The van der Waals surface area contributed by atoms with Gasteiger partial charge in [-0.1, -0.05) is 6.07 Å². The van der Waals surface area contributed by atoms with E-state index in [2.05, 4.69) is 15.6 Å². The molecule has 0 fully saturated rings. The Labute approximate surface area is 163 Å². The molecule has 0 spiro atoms. The minimum atomic E-state index is -0.259. The SMILES string of the molecule is Cc1ccc(OCC(=O)Nc2ccc(NC(=O)c3cccnc3)cc2)cc1C. The number of benzene rings is 2. The van der Waals surface area contributed by atoms with Crippen molar-refractivity contribution in [1.29, 1.82) is 0 Å². The topological polar surface area (TPSA) is 80.3 Å². The van der Waals surface area contributed by atoms with E-state index in [4.69, 9.17) is 4.74 Å². The molecule has 0 saturated heterocycles. The molecule has 0 saturated carbocycles. The van der Waals surface area contributed by atoms with Crippen molar-refractivity contribution in [2.24, 2.45) is 0 Å². The Bertz CT molecular complexity index is 970. The zero-order valence-corrected chi connectivity index (χ0v) is 15.7. The molecule has 0 radical (unpaired) electrons. The molecule has 6 nitrogen and oxygen atoms in total. The first-order chi connectivity index (χ1) is 13.5. The Morgan fingerprint density at radius 1 is 0.929 bits per heavy atom. The van der Waals surface area contributed by atoms with Crippen LogP contribution in [0.15, 0.2) is 67.0 Å². The maximum atomic E-state index is 12.1. The summed E-state index contributed by atoms with van der Waals surface area (Å²) in [5.74, 6) is 0.156. The Kier molecular flexibility index (Phi) is 6.01. The fraction of sp³-hybridized carbons (Fsp3) is 0.136. The quantitative estimate of drug-likeness (QED) is 0.683. The highest BCUT2D eigenvalue weighted by atomic mass is 16.5. The molecule has 1 aromatic heterocycles. The van der Waals surface area contributed by atoms with E-state index in [0.717, 1.165) is 5.56 Å². The number of nitrogens with zero attached hydrogens (tertiary/aromatic N) is 1. The van der Waals surface area contributed by atoms with Gasteiger partial charge in [0.2, 0.25) is 0 Å². The number of amides is 2. The maximum Gasteiger partial charge on any atom is 0.262 e. The van der Waals surface area contributed by atoms with Gasteiger partial charge in [0, 0.05) is 23.8 Å². The van der Waals surface area contributed by atoms with E-state index in [1.165, 1.54) is 11.8 Å². The number of rotatable bonds is 6. The molecule has 0 unspecified atom stereocenters. The standard InChI is InChI=1S/C22H21N3O3/c1-15-5-10-20(12-16(15)2)28-14-21(26)24-18-6-8-19(9-7-18)25-22(27)17-4-3-11-23-13-17/h3-13H,14H2,1-2H3,(H,24,26)(H,25,27). The van der Waals surface area contributed by atoms with Crippen LogP contribution in [-0.2, 0) is 4.79 Å². The van der Waals surface area contributed by atoms with Gasteiger partial charge in [-0.3, -0.25) is 14.6 Å². The molecule has 0 bridgehead atoms. The van der Waals surface area contributed by atoms with E-state index < -0.39 is 0 Å². The lowest BCUT2D eigenvalue weighted by Gasteiger charge is -2.10. The third-order valence-corrected chi connectivity index (χ3v) is 4.20. The van der Waals surface area contributed by atoms with Crippen LogP contribution in [-0.4, -0.2) is 23.4 Å². The summed E-state index contributed by atoms with van der Waals surface area (Å²) in [6, 6.07) is 16.0. The van der Waals surface area contributed by atoms with Crippen molar-refractivity contribution >= 4 is 23.2 Å². The highest BCUT2D eigenvalue weighted by Gasteiger charge is 2.07. The number of pyridine rings is 1. The van der Waals surface area contributed by atoms with Gasteiger partial charge in [0.05, 0.1) is 5.56 Å². The van der Waals surface area contributed by atoms with Crippen LogP contribution in [0.25, 0.3) is 0 Å². The monoisotopic (exact) mass is 375 g/mol. The number of hydrogen-bond acceptors (Lipinski definition) is 4. The molecule has 0 aliphatic carbocycles. The van der Waals surface area contributed by atoms with E-state index in [1.807, 2.05) is 32.0 Å². The van der Waals surface area contributed by atoms with Crippen LogP contribution in [0, 0.1) is 13.8 Å². The van der Waals surface area contributed by atoms with Gasteiger partial charge in [-0.15, -0.1) is 0 Å². The highest BCUT2D eigenvalue weighted by molar-refractivity contribution is 6.04. The molecule has 0 aliphatic rings. The smallest absolute Gasteiger partial charge is 0.262 e. The molecule has 6 heteroatoms. The summed E-state index contributed by atoms with van der Waals surface area (Å²) in [4.78, 5) is 28.1. The summed E-state index contributed by atoms with van der Waals surface area (Å²) in [7, 11) is 0. The maximum absolute atomic E-state index is 12.1. The third-order valence-electron chi connectivity index (χ3n) is 4.20. The van der Waals surface area contributed by atoms with Gasteiger partial charge >= 0.3 is 0 Å². The number of carbonyl (C=O) groups excluding carboxylic acids is 2. The second-order valence-electron chi connectivity index (χ2n) is 6.36. The van der Waals surface area contributed by atoms with E-state index in [1.54, 1.807) is 42.6 Å². The number of aromatic nitrogens is 1. The summed E-state index contributed by atoms with van der Waals surface area (Å²) in [5, 5.41) is 5.54. The summed E-state index contributed by atoms with van der Waals surface area (Å²) in [5.41, 5.74) is 4.00. The molecule has 2 aromatic carbocycles. The van der Waals surface area contributed by atoms with Crippen LogP contribution in [0.2, 0.25) is 0 Å². The van der Waals surface area contributed by atoms with Gasteiger partial charge in [0.25, 0.3) is 11.8 Å². The lowest BCUT2D eigenvalue weighted by molar-refractivity contribution is -0.118. The van der Waals surface area contributed by atoms with Crippen molar-refractivity contribution < 1.29 is 14.3 Å². The molecular formula is C22H21N3O3. The summed E-state index contributed by atoms with van der Waals surface area (Å²) in [6.07, 6.45) is 3.11.